The van der Waals surface area contributed by atoms with Crippen molar-refractivity contribution in [1.29, 1.82) is 0 Å². The number of rotatable bonds is 2. The summed E-state index contributed by atoms with van der Waals surface area (Å²) in [5.74, 6) is 5.23. The Kier molecular flexibility index (Phi) is 1.86. The summed E-state index contributed by atoms with van der Waals surface area (Å²) < 4.78 is 0. The third-order valence-electron chi connectivity index (χ3n) is 1.94. The molecule has 7 heteroatoms. The molecular weight excluding hydrogens is 186 g/mol. The Balaban J connectivity index is 2.80. The van der Waals surface area contributed by atoms with Crippen LogP contribution < -0.4 is 22.0 Å². The lowest BCUT2D eigenvalue weighted by atomic mass is 10.2. The van der Waals surface area contributed by atoms with E-state index < -0.39 is 4.92 Å². The first kappa shape index (κ1) is 8.57. The normalized spacial score (nSPS) is 12.6. The van der Waals surface area contributed by atoms with Gasteiger partial charge in [-0.3, -0.25) is 25.9 Å². The summed E-state index contributed by atoms with van der Waals surface area (Å²) in [7, 11) is 0. The maximum atomic E-state index is 10.6. The number of nitro benzene ring substituents is 1. The molecule has 72 valence electrons. The molecule has 1 aliphatic heterocycles. The van der Waals surface area contributed by atoms with E-state index in [-0.39, 0.29) is 12.4 Å². The molecule has 0 saturated heterocycles. The van der Waals surface area contributed by atoms with Crippen molar-refractivity contribution in [1.82, 2.24) is 0 Å². The van der Waals surface area contributed by atoms with Crippen molar-refractivity contribution in [2.45, 2.75) is 0 Å². The second-order valence-electron chi connectivity index (χ2n) is 2.69. The standard InChI is InChI=1S/C7H7N5O2/c8-11-4-1-2-5(12(13)14)7-6(4)9-3-10-7/h1-2,11H,3,8H2. The first-order chi connectivity index (χ1) is 6.74. The summed E-state index contributed by atoms with van der Waals surface area (Å²) in [5, 5.41) is 11.4. The van der Waals surface area contributed by atoms with Crippen LogP contribution in [-0.2, 0) is 0 Å². The molecule has 0 aromatic heterocycles. The van der Waals surface area contributed by atoms with Crippen molar-refractivity contribution in [3.8, 4) is 0 Å². The zero-order valence-electron chi connectivity index (χ0n) is 7.10. The molecule has 0 amide bonds. The fourth-order valence-corrected chi connectivity index (χ4v) is 1.33. The van der Waals surface area contributed by atoms with Crippen LogP contribution in [0.15, 0.2) is 22.1 Å². The number of anilines is 1. The quantitative estimate of drug-likeness (QED) is 0.360. The molecule has 0 bridgehead atoms. The number of non-ortho nitro benzene ring substituents is 1. The third-order valence-corrected chi connectivity index (χ3v) is 1.94. The second-order valence-corrected chi connectivity index (χ2v) is 2.69. The molecule has 0 aliphatic carbocycles. The van der Waals surface area contributed by atoms with Crippen LogP contribution in [0.4, 0.5) is 11.4 Å². The topological polar surface area (TPSA) is 106 Å². The number of fused-ring (bicyclic) bond motifs is 1. The largest absolute Gasteiger partial charge is 0.322 e. The molecule has 0 radical (unpaired) electrons. The van der Waals surface area contributed by atoms with Gasteiger partial charge < -0.3 is 5.43 Å². The Morgan fingerprint density at radius 3 is 2.79 bits per heavy atom. The van der Waals surface area contributed by atoms with Crippen molar-refractivity contribution in [2.75, 3.05) is 12.1 Å². The van der Waals surface area contributed by atoms with Crippen molar-refractivity contribution in [2.24, 2.45) is 15.8 Å². The lowest BCUT2D eigenvalue weighted by molar-refractivity contribution is -0.386. The number of hydrogen-bond acceptors (Lipinski definition) is 6. The first-order valence-electron chi connectivity index (χ1n) is 3.87. The maximum Gasteiger partial charge on any atom is 0.296 e. The van der Waals surface area contributed by atoms with Crippen LogP contribution in [0, 0.1) is 10.1 Å². The molecule has 7 nitrogen and oxygen atoms in total. The van der Waals surface area contributed by atoms with Crippen molar-refractivity contribution >= 4 is 11.4 Å². The molecule has 0 saturated carbocycles. The second kappa shape index (κ2) is 3.04. The average molecular weight is 193 g/mol. The molecule has 1 heterocycles. The molecule has 1 aromatic rings. The predicted octanol–water partition coefficient (Wildman–Crippen LogP) is -0.909. The predicted molar refractivity (Wildman–Crippen MR) is 48.1 cm³/mol. The summed E-state index contributed by atoms with van der Waals surface area (Å²) in [4.78, 5) is 18.1. The van der Waals surface area contributed by atoms with E-state index >= 15 is 0 Å². The molecular formula is C7H7N5O2. The van der Waals surface area contributed by atoms with E-state index in [4.69, 9.17) is 5.84 Å². The van der Waals surface area contributed by atoms with Gasteiger partial charge in [0.1, 0.15) is 12.0 Å². The van der Waals surface area contributed by atoms with Gasteiger partial charge in [0.05, 0.1) is 10.6 Å². The Morgan fingerprint density at radius 2 is 2.14 bits per heavy atom. The fraction of sp³-hybridized carbons (Fsp3) is 0.143. The van der Waals surface area contributed by atoms with Crippen molar-refractivity contribution in [3.05, 3.63) is 33.0 Å². The summed E-state index contributed by atoms with van der Waals surface area (Å²) in [5.41, 5.74) is 2.92. The molecule has 1 aromatic carbocycles. The highest BCUT2D eigenvalue weighted by molar-refractivity contribution is 5.47. The molecule has 14 heavy (non-hydrogen) atoms. The highest BCUT2D eigenvalue weighted by atomic mass is 16.6. The smallest absolute Gasteiger partial charge is 0.296 e. The third kappa shape index (κ3) is 1.11. The van der Waals surface area contributed by atoms with Gasteiger partial charge in [-0.2, -0.15) is 0 Å². The van der Waals surface area contributed by atoms with Gasteiger partial charge in [-0.1, -0.05) is 0 Å². The highest BCUT2D eigenvalue weighted by Gasteiger charge is 2.15. The van der Waals surface area contributed by atoms with E-state index in [1.165, 1.54) is 12.1 Å². The van der Waals surface area contributed by atoms with E-state index in [1.807, 2.05) is 0 Å². The molecule has 0 unspecified atom stereocenters. The maximum absolute atomic E-state index is 10.6. The number of benzene rings is 1. The van der Waals surface area contributed by atoms with Crippen LogP contribution in [0.1, 0.15) is 0 Å². The average Bonchev–Trinajstić information content (AvgIpc) is 2.64. The lowest BCUT2D eigenvalue weighted by Crippen LogP contribution is -2.29. The SMILES string of the molecule is NNc1ccc([N+](=O)[O-])c2c1=NCN=2. The minimum atomic E-state index is -0.483. The summed E-state index contributed by atoms with van der Waals surface area (Å²) in [6.45, 7) is 0.217. The number of nitrogen functional groups attached to an aromatic ring is 1. The lowest BCUT2D eigenvalue weighted by Gasteiger charge is -1.98. The number of hydrogen-bond donors (Lipinski definition) is 2. The van der Waals surface area contributed by atoms with Crippen LogP contribution in [0.2, 0.25) is 0 Å². The summed E-state index contributed by atoms with van der Waals surface area (Å²) in [6.07, 6.45) is 0. The van der Waals surface area contributed by atoms with Gasteiger partial charge in [-0.15, -0.1) is 0 Å². The van der Waals surface area contributed by atoms with Gasteiger partial charge in [-0.25, -0.2) is 0 Å². The van der Waals surface area contributed by atoms with Crippen LogP contribution >= 0.6 is 0 Å². The number of nitrogens with zero attached hydrogens (tertiary/aromatic N) is 3. The van der Waals surface area contributed by atoms with Crippen molar-refractivity contribution in [3.63, 3.8) is 0 Å². The molecule has 0 spiro atoms. The van der Waals surface area contributed by atoms with Crippen LogP contribution in [0.3, 0.4) is 0 Å². The van der Waals surface area contributed by atoms with Crippen LogP contribution in [-0.4, -0.2) is 11.6 Å². The van der Waals surface area contributed by atoms with Crippen molar-refractivity contribution < 1.29 is 4.92 Å². The highest BCUT2D eigenvalue weighted by Crippen LogP contribution is 2.06. The number of nitrogens with one attached hydrogen (secondary N) is 1. The minimum absolute atomic E-state index is 0.0414. The van der Waals surface area contributed by atoms with E-state index in [9.17, 15) is 10.1 Å². The minimum Gasteiger partial charge on any atom is -0.322 e. The van der Waals surface area contributed by atoms with Gasteiger partial charge in [0.15, 0.2) is 5.36 Å². The Hall–Kier alpha value is -2.02. The molecule has 1 aliphatic rings. The van der Waals surface area contributed by atoms with Crippen LogP contribution in [0.25, 0.3) is 0 Å². The van der Waals surface area contributed by atoms with E-state index in [0.717, 1.165) is 0 Å². The summed E-state index contributed by atoms with van der Waals surface area (Å²) >= 11 is 0. The Labute approximate surface area is 78.1 Å². The van der Waals surface area contributed by atoms with E-state index in [2.05, 4.69) is 15.4 Å². The zero-order chi connectivity index (χ0) is 10.1. The van der Waals surface area contributed by atoms with E-state index in [0.29, 0.717) is 16.4 Å². The number of nitrogens with two attached hydrogens (primary N) is 1. The summed E-state index contributed by atoms with van der Waals surface area (Å²) in [6, 6.07) is 2.87. The Bertz CT molecular complexity index is 510. The monoisotopic (exact) mass is 193 g/mol. The van der Waals surface area contributed by atoms with Gasteiger partial charge in [0.25, 0.3) is 5.69 Å². The fourth-order valence-electron chi connectivity index (χ4n) is 1.33. The number of hydrazine groups is 1. The molecule has 2 rings (SSSR count). The molecule has 0 fully saturated rings. The molecule has 3 N–H and O–H groups in total. The first-order valence-corrected chi connectivity index (χ1v) is 3.87. The van der Waals surface area contributed by atoms with Gasteiger partial charge in [-0.05, 0) is 6.07 Å². The number of nitro groups is 1. The van der Waals surface area contributed by atoms with Gasteiger partial charge >= 0.3 is 0 Å². The Morgan fingerprint density at radius 1 is 1.43 bits per heavy atom. The van der Waals surface area contributed by atoms with Gasteiger partial charge in [0.2, 0.25) is 0 Å². The molecule has 0 atom stereocenters. The van der Waals surface area contributed by atoms with E-state index in [1.54, 1.807) is 0 Å². The van der Waals surface area contributed by atoms with Crippen LogP contribution in [0.5, 0.6) is 0 Å². The zero-order valence-corrected chi connectivity index (χ0v) is 7.10. The van der Waals surface area contributed by atoms with Gasteiger partial charge in [0, 0.05) is 6.07 Å².